The Morgan fingerprint density at radius 2 is 1.68 bits per heavy atom. The van der Waals surface area contributed by atoms with Crippen LogP contribution in [0, 0.1) is 0 Å². The van der Waals surface area contributed by atoms with Gasteiger partial charge in [0.05, 0.1) is 16.8 Å². The first-order valence-electron chi connectivity index (χ1n) is 12.1. The quantitative estimate of drug-likeness (QED) is 0.262. The van der Waals surface area contributed by atoms with Gasteiger partial charge in [-0.05, 0) is 73.2 Å². The van der Waals surface area contributed by atoms with E-state index >= 15 is 0 Å². The van der Waals surface area contributed by atoms with Crippen molar-refractivity contribution in [1.82, 2.24) is 24.4 Å². The van der Waals surface area contributed by atoms with Crippen LogP contribution in [-0.4, -0.2) is 31.0 Å². The maximum Gasteiger partial charge on any atom is 0.291 e. The van der Waals surface area contributed by atoms with E-state index in [9.17, 15) is 4.79 Å². The molecule has 6 aromatic rings. The van der Waals surface area contributed by atoms with Gasteiger partial charge in [0, 0.05) is 27.9 Å². The van der Waals surface area contributed by atoms with Crippen molar-refractivity contribution >= 4 is 34.0 Å². The first-order chi connectivity index (χ1) is 18.6. The highest BCUT2D eigenvalue weighted by Crippen LogP contribution is 2.27. The Hall–Kier alpha value is -4.27. The molecule has 3 aromatic carbocycles. The maximum absolute atomic E-state index is 13.3. The molecule has 0 unspecified atom stereocenters. The molecule has 0 saturated heterocycles. The Morgan fingerprint density at radius 1 is 0.947 bits per heavy atom. The van der Waals surface area contributed by atoms with Gasteiger partial charge in [-0.15, -0.1) is 5.10 Å². The number of ether oxygens (including phenoxy) is 1. The molecule has 0 radical (unpaired) electrons. The highest BCUT2D eigenvalue weighted by molar-refractivity contribution is 7.15. The zero-order valence-corrected chi connectivity index (χ0v) is 22.0. The number of hydrogen-bond donors (Lipinski definition) is 0. The minimum Gasteiger partial charge on any atom is -0.494 e. The standard InChI is InChI=1S/C29H22ClN5O2S/c1-2-16-37-24-14-10-19(11-15-24)26-21(18-34(32-26)23-6-4-3-5-7-23)17-25-28(36)35-29(38-25)31-27(33-35)20-8-12-22(30)13-9-20/h3-15,17-18H,2,16H2,1H3/b25-17-. The summed E-state index contributed by atoms with van der Waals surface area (Å²) in [4.78, 5) is 18.4. The van der Waals surface area contributed by atoms with Gasteiger partial charge in [0.15, 0.2) is 5.82 Å². The maximum atomic E-state index is 13.3. The van der Waals surface area contributed by atoms with E-state index in [1.165, 1.54) is 15.9 Å². The number of halogens is 1. The Morgan fingerprint density at radius 3 is 2.39 bits per heavy atom. The van der Waals surface area contributed by atoms with Crippen molar-refractivity contribution in [2.75, 3.05) is 6.61 Å². The summed E-state index contributed by atoms with van der Waals surface area (Å²) in [5.74, 6) is 1.30. The summed E-state index contributed by atoms with van der Waals surface area (Å²) in [7, 11) is 0. The van der Waals surface area contributed by atoms with Crippen LogP contribution in [0.3, 0.4) is 0 Å². The molecule has 0 fully saturated rings. The van der Waals surface area contributed by atoms with Gasteiger partial charge in [0.25, 0.3) is 5.56 Å². The fourth-order valence-corrected chi connectivity index (χ4v) is 5.08. The van der Waals surface area contributed by atoms with Crippen LogP contribution in [0.15, 0.2) is 89.9 Å². The number of fused-ring (bicyclic) bond motifs is 1. The van der Waals surface area contributed by atoms with Crippen LogP contribution in [0.25, 0.3) is 39.4 Å². The number of aromatic nitrogens is 5. The van der Waals surface area contributed by atoms with Gasteiger partial charge in [-0.3, -0.25) is 4.79 Å². The molecule has 188 valence electrons. The van der Waals surface area contributed by atoms with Crippen LogP contribution in [0.4, 0.5) is 0 Å². The number of benzene rings is 3. The molecule has 0 N–H and O–H groups in total. The molecule has 3 heterocycles. The fraction of sp³-hybridized carbons (Fsp3) is 0.103. The lowest BCUT2D eigenvalue weighted by atomic mass is 10.1. The number of nitrogens with zero attached hydrogens (tertiary/aromatic N) is 5. The monoisotopic (exact) mass is 539 g/mol. The molecule has 0 saturated carbocycles. The van der Waals surface area contributed by atoms with Crippen LogP contribution in [0.1, 0.15) is 18.9 Å². The van der Waals surface area contributed by atoms with E-state index < -0.39 is 0 Å². The first kappa shape index (κ1) is 24.1. The van der Waals surface area contributed by atoms with Crippen molar-refractivity contribution in [2.24, 2.45) is 0 Å². The molecule has 7 nitrogen and oxygen atoms in total. The largest absolute Gasteiger partial charge is 0.494 e. The lowest BCUT2D eigenvalue weighted by molar-refractivity contribution is 0.317. The summed E-state index contributed by atoms with van der Waals surface area (Å²) in [6.07, 6.45) is 4.73. The van der Waals surface area contributed by atoms with Crippen LogP contribution < -0.4 is 14.8 Å². The number of hydrogen-bond acceptors (Lipinski definition) is 6. The summed E-state index contributed by atoms with van der Waals surface area (Å²) < 4.78 is 9.44. The molecule has 0 spiro atoms. The second-order valence-electron chi connectivity index (χ2n) is 8.64. The van der Waals surface area contributed by atoms with Crippen molar-refractivity contribution in [2.45, 2.75) is 13.3 Å². The van der Waals surface area contributed by atoms with Gasteiger partial charge < -0.3 is 4.74 Å². The number of para-hydroxylation sites is 1. The third kappa shape index (κ3) is 4.71. The van der Waals surface area contributed by atoms with Crippen molar-refractivity contribution in [1.29, 1.82) is 0 Å². The van der Waals surface area contributed by atoms with E-state index in [1.807, 2.05) is 83.7 Å². The van der Waals surface area contributed by atoms with Gasteiger partial charge in [-0.2, -0.15) is 14.6 Å². The average Bonchev–Trinajstić information content (AvgIpc) is 3.64. The zero-order valence-electron chi connectivity index (χ0n) is 20.4. The third-order valence-electron chi connectivity index (χ3n) is 5.93. The van der Waals surface area contributed by atoms with Crippen LogP contribution in [-0.2, 0) is 0 Å². The van der Waals surface area contributed by atoms with E-state index in [1.54, 1.807) is 12.1 Å². The molecular formula is C29H22ClN5O2S. The summed E-state index contributed by atoms with van der Waals surface area (Å²) in [5, 5.41) is 9.95. The first-order valence-corrected chi connectivity index (χ1v) is 13.3. The second-order valence-corrected chi connectivity index (χ2v) is 10.1. The van der Waals surface area contributed by atoms with E-state index in [0.717, 1.165) is 40.2 Å². The Balaban J connectivity index is 1.43. The molecule has 9 heteroatoms. The minimum absolute atomic E-state index is 0.223. The van der Waals surface area contributed by atoms with Crippen LogP contribution >= 0.6 is 22.9 Å². The molecule has 0 aliphatic rings. The highest BCUT2D eigenvalue weighted by atomic mass is 35.5. The lowest BCUT2D eigenvalue weighted by Gasteiger charge is -2.05. The summed E-state index contributed by atoms with van der Waals surface area (Å²) >= 11 is 7.29. The van der Waals surface area contributed by atoms with Crippen molar-refractivity contribution in [3.8, 4) is 34.1 Å². The van der Waals surface area contributed by atoms with Gasteiger partial charge in [0.1, 0.15) is 11.4 Å². The zero-order chi connectivity index (χ0) is 26.1. The van der Waals surface area contributed by atoms with E-state index in [0.29, 0.717) is 26.9 Å². The van der Waals surface area contributed by atoms with Gasteiger partial charge in [-0.25, -0.2) is 4.68 Å². The summed E-state index contributed by atoms with van der Waals surface area (Å²) in [5.41, 5.74) is 4.00. The summed E-state index contributed by atoms with van der Waals surface area (Å²) in [6.45, 7) is 2.74. The highest BCUT2D eigenvalue weighted by Gasteiger charge is 2.15. The smallest absolute Gasteiger partial charge is 0.291 e. The van der Waals surface area contributed by atoms with E-state index in [2.05, 4.69) is 17.0 Å². The minimum atomic E-state index is -0.223. The topological polar surface area (TPSA) is 74.3 Å². The SMILES string of the molecule is CCCOc1ccc(-c2nn(-c3ccccc3)cc2/C=c2\sc3nc(-c4ccc(Cl)cc4)nn3c2=O)cc1. The van der Waals surface area contributed by atoms with Crippen molar-refractivity contribution in [3.05, 3.63) is 111 Å². The lowest BCUT2D eigenvalue weighted by Crippen LogP contribution is -2.23. The molecule has 3 aromatic heterocycles. The molecule has 0 aliphatic heterocycles. The van der Waals surface area contributed by atoms with Gasteiger partial charge >= 0.3 is 0 Å². The van der Waals surface area contributed by atoms with Crippen LogP contribution in [0.2, 0.25) is 5.02 Å². The Bertz CT molecular complexity index is 1820. The Labute approximate surface area is 227 Å². The van der Waals surface area contributed by atoms with E-state index in [-0.39, 0.29) is 5.56 Å². The molecule has 0 amide bonds. The predicted molar refractivity (Wildman–Crippen MR) is 151 cm³/mol. The molecule has 38 heavy (non-hydrogen) atoms. The normalized spacial score (nSPS) is 11.9. The summed E-state index contributed by atoms with van der Waals surface area (Å²) in [6, 6.07) is 24.9. The molecule has 6 rings (SSSR count). The van der Waals surface area contributed by atoms with Crippen molar-refractivity contribution < 1.29 is 4.74 Å². The number of rotatable bonds is 7. The fourth-order valence-electron chi connectivity index (χ4n) is 4.06. The Kier molecular flexibility index (Phi) is 6.49. The third-order valence-corrected chi connectivity index (χ3v) is 7.15. The molecule has 0 atom stereocenters. The number of thiazole rings is 1. The second kappa shape index (κ2) is 10.2. The van der Waals surface area contributed by atoms with E-state index in [4.69, 9.17) is 21.4 Å². The predicted octanol–water partition coefficient (Wildman–Crippen LogP) is 5.66. The average molecular weight is 540 g/mol. The van der Waals surface area contributed by atoms with Gasteiger partial charge in [-0.1, -0.05) is 48.1 Å². The van der Waals surface area contributed by atoms with Gasteiger partial charge in [0.2, 0.25) is 4.96 Å². The molecular weight excluding hydrogens is 518 g/mol. The molecule has 0 bridgehead atoms. The molecule has 0 aliphatic carbocycles. The van der Waals surface area contributed by atoms with Crippen molar-refractivity contribution in [3.63, 3.8) is 0 Å². The van der Waals surface area contributed by atoms with Crippen LogP contribution in [0.5, 0.6) is 5.75 Å².